The minimum Gasteiger partial charge on any atom is -0.307 e. The predicted molar refractivity (Wildman–Crippen MR) is 91.5 cm³/mol. The van der Waals surface area contributed by atoms with Crippen LogP contribution in [-0.4, -0.2) is 30.6 Å². The highest BCUT2D eigenvalue weighted by molar-refractivity contribution is 5.24. The van der Waals surface area contributed by atoms with E-state index in [4.69, 9.17) is 0 Å². The molecule has 1 aliphatic heterocycles. The van der Waals surface area contributed by atoms with Crippen LogP contribution in [0.25, 0.3) is 0 Å². The minimum absolute atomic E-state index is 0.0709. The second-order valence-electron chi connectivity index (χ2n) is 7.05. The summed E-state index contributed by atoms with van der Waals surface area (Å²) in [6.45, 7) is 12.9. The van der Waals surface area contributed by atoms with Gasteiger partial charge in [-0.05, 0) is 51.3 Å². The van der Waals surface area contributed by atoms with Crippen LogP contribution in [0, 0.1) is 5.92 Å². The number of rotatable bonds is 5. The Hall–Kier alpha value is -0.860. The van der Waals surface area contributed by atoms with Gasteiger partial charge in [-0.15, -0.1) is 0 Å². The number of benzene rings is 1. The Morgan fingerprint density at radius 3 is 2.62 bits per heavy atom. The Kier molecular flexibility index (Phi) is 5.83. The number of nitrogens with zero attached hydrogens (tertiary/aromatic N) is 1. The van der Waals surface area contributed by atoms with Gasteiger partial charge >= 0.3 is 0 Å². The Morgan fingerprint density at radius 2 is 1.95 bits per heavy atom. The van der Waals surface area contributed by atoms with E-state index in [1.807, 2.05) is 0 Å². The molecule has 0 saturated carbocycles. The molecular formula is C19H32N2. The van der Waals surface area contributed by atoms with Gasteiger partial charge < -0.3 is 5.32 Å². The van der Waals surface area contributed by atoms with Gasteiger partial charge in [-0.3, -0.25) is 4.90 Å². The fraction of sp³-hybridized carbons (Fsp3) is 0.684. The first kappa shape index (κ1) is 16.5. The van der Waals surface area contributed by atoms with Crippen molar-refractivity contribution in [2.24, 2.45) is 5.92 Å². The highest BCUT2D eigenvalue weighted by Gasteiger charge is 2.32. The highest BCUT2D eigenvalue weighted by Crippen LogP contribution is 2.26. The smallest absolute Gasteiger partial charge is 0.0535 e. The van der Waals surface area contributed by atoms with E-state index in [2.05, 4.69) is 68.2 Å². The quantitative estimate of drug-likeness (QED) is 0.880. The summed E-state index contributed by atoms with van der Waals surface area (Å²) in [5.74, 6) is 0.819. The van der Waals surface area contributed by atoms with Crippen molar-refractivity contribution in [2.45, 2.75) is 58.5 Å². The van der Waals surface area contributed by atoms with Crippen molar-refractivity contribution in [3.05, 3.63) is 35.9 Å². The van der Waals surface area contributed by atoms with Crippen LogP contribution in [0.3, 0.4) is 0 Å². The molecule has 1 saturated heterocycles. The lowest BCUT2D eigenvalue weighted by atomic mass is 9.90. The summed E-state index contributed by atoms with van der Waals surface area (Å²) in [5.41, 5.74) is 1.48. The third-order valence-corrected chi connectivity index (χ3v) is 5.13. The third-order valence-electron chi connectivity index (χ3n) is 5.13. The molecular weight excluding hydrogens is 256 g/mol. The highest BCUT2D eigenvalue weighted by atomic mass is 15.2. The number of hydrogen-bond acceptors (Lipinski definition) is 2. The molecule has 2 nitrogen and oxygen atoms in total. The molecule has 118 valence electrons. The molecule has 1 aromatic rings. The van der Waals surface area contributed by atoms with E-state index in [9.17, 15) is 0 Å². The van der Waals surface area contributed by atoms with Crippen LogP contribution in [0.15, 0.2) is 30.3 Å². The summed E-state index contributed by atoms with van der Waals surface area (Å²) in [4.78, 5) is 2.69. The molecule has 0 aliphatic carbocycles. The van der Waals surface area contributed by atoms with Crippen molar-refractivity contribution < 1.29 is 0 Å². The normalized spacial score (nSPS) is 27.0. The summed E-state index contributed by atoms with van der Waals surface area (Å²) in [6.07, 6.45) is 3.83. The lowest BCUT2D eigenvalue weighted by Crippen LogP contribution is -2.48. The predicted octanol–water partition coefficient (Wildman–Crippen LogP) is 4.02. The molecule has 0 amide bonds. The molecule has 0 aromatic heterocycles. The van der Waals surface area contributed by atoms with E-state index >= 15 is 0 Å². The van der Waals surface area contributed by atoms with Gasteiger partial charge in [0.2, 0.25) is 0 Å². The van der Waals surface area contributed by atoms with Gasteiger partial charge in [-0.25, -0.2) is 0 Å². The zero-order chi connectivity index (χ0) is 15.3. The van der Waals surface area contributed by atoms with Crippen molar-refractivity contribution >= 4 is 0 Å². The second-order valence-corrected chi connectivity index (χ2v) is 7.05. The van der Waals surface area contributed by atoms with Crippen LogP contribution >= 0.6 is 0 Å². The van der Waals surface area contributed by atoms with Crippen LogP contribution in [-0.2, 0) is 5.54 Å². The first-order valence-corrected chi connectivity index (χ1v) is 8.59. The monoisotopic (exact) mass is 288 g/mol. The molecule has 3 atom stereocenters. The second kappa shape index (κ2) is 7.42. The van der Waals surface area contributed by atoms with Gasteiger partial charge in [0.15, 0.2) is 0 Å². The molecule has 3 unspecified atom stereocenters. The van der Waals surface area contributed by atoms with Crippen molar-refractivity contribution in [3.8, 4) is 0 Å². The Labute approximate surface area is 130 Å². The molecule has 1 fully saturated rings. The van der Waals surface area contributed by atoms with Crippen molar-refractivity contribution in [1.82, 2.24) is 10.2 Å². The third kappa shape index (κ3) is 4.31. The van der Waals surface area contributed by atoms with Crippen molar-refractivity contribution in [3.63, 3.8) is 0 Å². The summed E-state index contributed by atoms with van der Waals surface area (Å²) in [6, 6.07) is 11.6. The largest absolute Gasteiger partial charge is 0.307 e. The zero-order valence-electron chi connectivity index (χ0n) is 14.2. The van der Waals surface area contributed by atoms with E-state index in [0.29, 0.717) is 6.04 Å². The van der Waals surface area contributed by atoms with E-state index in [1.54, 1.807) is 0 Å². The topological polar surface area (TPSA) is 15.3 Å². The molecule has 2 heteroatoms. The average Bonchev–Trinajstić information content (AvgIpc) is 2.71. The molecule has 1 N–H and O–H groups in total. The van der Waals surface area contributed by atoms with Crippen LogP contribution in [0.1, 0.15) is 52.5 Å². The SMILES string of the molecule is CCC(C)CC(C)N1CCCNC(C)(c2ccccc2)C1. The lowest BCUT2D eigenvalue weighted by Gasteiger charge is -2.37. The van der Waals surface area contributed by atoms with E-state index in [0.717, 1.165) is 19.0 Å². The fourth-order valence-electron chi connectivity index (χ4n) is 3.46. The first-order valence-electron chi connectivity index (χ1n) is 8.59. The minimum atomic E-state index is 0.0709. The molecule has 0 bridgehead atoms. The standard InChI is InChI=1S/C19H32N2/c1-5-16(2)14-17(3)21-13-9-12-20-19(4,15-21)18-10-7-6-8-11-18/h6-8,10-11,16-17,20H,5,9,12-15H2,1-4H3. The molecule has 1 heterocycles. The Bertz CT molecular complexity index is 417. The van der Waals surface area contributed by atoms with Crippen molar-refractivity contribution in [1.29, 1.82) is 0 Å². The lowest BCUT2D eigenvalue weighted by molar-refractivity contribution is 0.152. The van der Waals surface area contributed by atoms with Crippen LogP contribution in [0.2, 0.25) is 0 Å². The van der Waals surface area contributed by atoms with Crippen LogP contribution < -0.4 is 5.32 Å². The van der Waals surface area contributed by atoms with Gasteiger partial charge in [-0.1, -0.05) is 50.6 Å². The van der Waals surface area contributed by atoms with Gasteiger partial charge in [-0.2, -0.15) is 0 Å². The van der Waals surface area contributed by atoms with Gasteiger partial charge in [0.05, 0.1) is 5.54 Å². The molecule has 1 aromatic carbocycles. The zero-order valence-corrected chi connectivity index (χ0v) is 14.2. The maximum atomic E-state index is 3.78. The summed E-state index contributed by atoms with van der Waals surface area (Å²) in [7, 11) is 0. The van der Waals surface area contributed by atoms with Crippen LogP contribution in [0.4, 0.5) is 0 Å². The van der Waals surface area contributed by atoms with E-state index in [-0.39, 0.29) is 5.54 Å². The van der Waals surface area contributed by atoms with Crippen LogP contribution in [0.5, 0.6) is 0 Å². The van der Waals surface area contributed by atoms with Gasteiger partial charge in [0, 0.05) is 12.6 Å². The first-order chi connectivity index (χ1) is 10.0. The number of nitrogens with one attached hydrogen (secondary N) is 1. The van der Waals surface area contributed by atoms with Gasteiger partial charge in [0.25, 0.3) is 0 Å². The van der Waals surface area contributed by atoms with Gasteiger partial charge in [0.1, 0.15) is 0 Å². The summed E-state index contributed by atoms with van der Waals surface area (Å²) < 4.78 is 0. The van der Waals surface area contributed by atoms with E-state index in [1.165, 1.54) is 31.4 Å². The Balaban J connectivity index is 2.11. The summed E-state index contributed by atoms with van der Waals surface area (Å²) >= 11 is 0. The fourth-order valence-corrected chi connectivity index (χ4v) is 3.46. The maximum Gasteiger partial charge on any atom is 0.0535 e. The maximum absolute atomic E-state index is 3.78. The molecule has 2 rings (SSSR count). The molecule has 0 radical (unpaired) electrons. The van der Waals surface area contributed by atoms with E-state index < -0.39 is 0 Å². The molecule has 1 aliphatic rings. The number of hydrogen-bond donors (Lipinski definition) is 1. The van der Waals surface area contributed by atoms with Crippen molar-refractivity contribution in [2.75, 3.05) is 19.6 Å². The Morgan fingerprint density at radius 1 is 1.24 bits per heavy atom. The average molecular weight is 288 g/mol. The molecule has 21 heavy (non-hydrogen) atoms. The molecule has 0 spiro atoms. The summed E-state index contributed by atoms with van der Waals surface area (Å²) in [5, 5.41) is 3.78.